The molecule has 0 saturated carbocycles. The monoisotopic (exact) mass is 854 g/mol. The van der Waals surface area contributed by atoms with Gasteiger partial charge in [-0.3, -0.25) is 0 Å². The van der Waals surface area contributed by atoms with Gasteiger partial charge in [0.05, 0.1) is 0 Å². The van der Waals surface area contributed by atoms with Crippen LogP contribution in [-0.2, 0) is 40.8 Å². The van der Waals surface area contributed by atoms with E-state index in [2.05, 4.69) is 83.1 Å². The van der Waals surface area contributed by atoms with Crippen molar-refractivity contribution in [2.45, 2.75) is 83.1 Å². The third-order valence-electron chi connectivity index (χ3n) is 5.37. The van der Waals surface area contributed by atoms with Gasteiger partial charge in [-0.2, -0.15) is 0 Å². The molecule has 0 amide bonds. The number of rotatable bonds is 12. The van der Waals surface area contributed by atoms with Crippen LogP contribution in [0.15, 0.2) is 0 Å². The quantitative estimate of drug-likeness (QED) is 0.175. The van der Waals surface area contributed by atoms with Gasteiger partial charge in [-0.1, -0.05) is 83.1 Å². The van der Waals surface area contributed by atoms with E-state index in [-0.39, 0.29) is 40.8 Å². The fourth-order valence-electron chi connectivity index (χ4n) is 2.68. The summed E-state index contributed by atoms with van der Waals surface area (Å²) in [5, 5.41) is 0. The molecule has 0 saturated heterocycles. The summed E-state index contributed by atoms with van der Waals surface area (Å²) in [5.74, 6) is 0. The van der Waals surface area contributed by atoms with Gasteiger partial charge < -0.3 is 0 Å². The second-order valence-electron chi connectivity index (χ2n) is 6.48. The summed E-state index contributed by atoms with van der Waals surface area (Å²) in [4.78, 5) is 0. The van der Waals surface area contributed by atoms with E-state index < -0.39 is 0 Å². The zero-order chi connectivity index (χ0) is 22.8. The Labute approximate surface area is 228 Å². The second-order valence-corrected chi connectivity index (χ2v) is 19.4. The first-order valence-electron chi connectivity index (χ1n) is 12.3. The van der Waals surface area contributed by atoms with Crippen LogP contribution in [0.2, 0.25) is 0 Å². The van der Waals surface area contributed by atoms with Crippen LogP contribution in [0.4, 0.5) is 0 Å². The first kappa shape index (κ1) is 46.4. The first-order valence-corrected chi connectivity index (χ1v) is 19.9. The van der Waals surface area contributed by atoms with Crippen LogP contribution in [0.1, 0.15) is 83.1 Å². The molecule has 0 unspecified atom stereocenters. The van der Waals surface area contributed by atoms with Crippen molar-refractivity contribution >= 4 is 31.7 Å². The van der Waals surface area contributed by atoms with Gasteiger partial charge in [0, 0.05) is 0 Å². The summed E-state index contributed by atoms with van der Waals surface area (Å²) in [7, 11) is 1.78. The molecule has 0 N–H and O–H groups in total. The Morgan fingerprint density at radius 2 is 0.300 bits per heavy atom. The van der Waals surface area contributed by atoms with Crippen LogP contribution in [0, 0.1) is 0 Å². The molecule has 0 heterocycles. The van der Waals surface area contributed by atoms with Gasteiger partial charge in [-0.05, 0) is 73.9 Å². The van der Waals surface area contributed by atoms with Crippen molar-refractivity contribution in [3.8, 4) is 0 Å². The molecule has 0 nitrogen and oxygen atoms in total. The van der Waals surface area contributed by atoms with Crippen molar-refractivity contribution in [3.05, 3.63) is 0 Å². The molecule has 0 aromatic carbocycles. The summed E-state index contributed by atoms with van der Waals surface area (Å²) < 4.78 is 0. The van der Waals surface area contributed by atoms with E-state index in [0.29, 0.717) is 31.7 Å². The molecule has 30 heavy (non-hydrogen) atoms. The van der Waals surface area contributed by atoms with Gasteiger partial charge in [0.1, 0.15) is 0 Å². The van der Waals surface area contributed by atoms with Crippen molar-refractivity contribution in [1.29, 1.82) is 0 Å². The SMILES string of the molecule is CCP(CC)CC.CCP(CC)CC.CCP(CC)CC.CCP(CC)CC.[ReH4].[ReH4]. The van der Waals surface area contributed by atoms with E-state index in [4.69, 9.17) is 0 Å². The van der Waals surface area contributed by atoms with Gasteiger partial charge in [0.25, 0.3) is 0 Å². The molecule has 0 atom stereocenters. The van der Waals surface area contributed by atoms with Crippen molar-refractivity contribution in [2.75, 3.05) is 73.9 Å². The zero-order valence-corrected chi connectivity index (χ0v) is 35.3. The third kappa shape index (κ3) is 38.3. The van der Waals surface area contributed by atoms with Crippen molar-refractivity contribution in [2.24, 2.45) is 0 Å². The molecule has 0 aromatic rings. The molecule has 198 valence electrons. The molecular formula is C24H68P4Re2. The van der Waals surface area contributed by atoms with Gasteiger partial charge >= 0.3 is 40.8 Å². The summed E-state index contributed by atoms with van der Waals surface area (Å²) >= 11 is 0. The van der Waals surface area contributed by atoms with Crippen molar-refractivity contribution < 1.29 is 40.8 Å². The standard InChI is InChI=1S/4C6H15P.2Re.8H/c4*1-4-7(5-2)6-3;;;;;;;;;;/h4*4-6H2,1-3H3;;;;;;;;;;. The molecule has 0 spiro atoms. The van der Waals surface area contributed by atoms with Gasteiger partial charge in [-0.25, -0.2) is 0 Å². The molecular weight excluding hydrogens is 785 g/mol. The van der Waals surface area contributed by atoms with E-state index in [1.807, 2.05) is 0 Å². The Morgan fingerprint density at radius 1 is 0.233 bits per heavy atom. The Hall–Kier alpha value is 3.04. The average molecular weight is 853 g/mol. The topological polar surface area (TPSA) is 0 Å². The molecule has 0 aliphatic heterocycles. The molecule has 2 radical (unpaired) electrons. The van der Waals surface area contributed by atoms with E-state index in [1.54, 1.807) is 0 Å². The van der Waals surface area contributed by atoms with Crippen LogP contribution in [-0.4, -0.2) is 73.9 Å². The van der Waals surface area contributed by atoms with E-state index in [1.165, 1.54) is 73.9 Å². The first-order chi connectivity index (χ1) is 13.4. The van der Waals surface area contributed by atoms with Gasteiger partial charge in [0.2, 0.25) is 0 Å². The molecule has 0 aliphatic rings. The summed E-state index contributed by atoms with van der Waals surface area (Å²) in [6, 6.07) is 0. The minimum absolute atomic E-state index is 0. The Balaban J connectivity index is -0.0000000626. The van der Waals surface area contributed by atoms with Crippen LogP contribution >= 0.6 is 31.7 Å². The predicted molar refractivity (Wildman–Crippen MR) is 165 cm³/mol. The normalized spacial score (nSPS) is 9.60. The average Bonchev–Trinajstić information content (AvgIpc) is 2.75. The fraction of sp³-hybridized carbons (Fsp3) is 1.00. The fourth-order valence-corrected chi connectivity index (χ4v) is 8.05. The number of hydrogen-bond donors (Lipinski definition) is 0. The molecule has 0 fully saturated rings. The molecule has 0 rings (SSSR count). The number of hydrogen-bond acceptors (Lipinski definition) is 0. The van der Waals surface area contributed by atoms with Crippen LogP contribution in [0.25, 0.3) is 0 Å². The molecule has 6 heteroatoms. The van der Waals surface area contributed by atoms with E-state index in [0.717, 1.165) is 0 Å². The molecule has 0 aromatic heterocycles. The maximum atomic E-state index is 2.29. The summed E-state index contributed by atoms with van der Waals surface area (Å²) in [5.41, 5.74) is 0. The molecule has 0 bridgehead atoms. The van der Waals surface area contributed by atoms with Crippen LogP contribution in [0.3, 0.4) is 0 Å². The van der Waals surface area contributed by atoms with Crippen LogP contribution < -0.4 is 0 Å². The van der Waals surface area contributed by atoms with E-state index in [9.17, 15) is 0 Å². The molecule has 0 aliphatic carbocycles. The Bertz CT molecular complexity index is 161. The zero-order valence-electron chi connectivity index (χ0n) is 23.4. The predicted octanol–water partition coefficient (Wildman–Crippen LogP) is 7.97. The Morgan fingerprint density at radius 3 is 0.300 bits per heavy atom. The van der Waals surface area contributed by atoms with Crippen LogP contribution in [0.5, 0.6) is 0 Å². The van der Waals surface area contributed by atoms with Crippen molar-refractivity contribution in [1.82, 2.24) is 0 Å². The van der Waals surface area contributed by atoms with Gasteiger partial charge in [0.15, 0.2) is 0 Å². The second kappa shape index (κ2) is 42.2. The summed E-state index contributed by atoms with van der Waals surface area (Å²) in [6.45, 7) is 27.5. The van der Waals surface area contributed by atoms with Crippen molar-refractivity contribution in [3.63, 3.8) is 0 Å². The minimum atomic E-state index is 0. The van der Waals surface area contributed by atoms with E-state index >= 15 is 0 Å². The summed E-state index contributed by atoms with van der Waals surface area (Å²) in [6.07, 6.45) is 17.0. The Kier molecular flexibility index (Phi) is 65.3. The van der Waals surface area contributed by atoms with Gasteiger partial charge in [-0.15, -0.1) is 31.7 Å². The third-order valence-corrected chi connectivity index (χ3v) is 16.1. The maximum absolute atomic E-state index is 2.29.